The molecule has 1 aromatic rings. The second-order valence-corrected chi connectivity index (χ2v) is 5.68. The highest BCUT2D eigenvalue weighted by Crippen LogP contribution is 2.12. The molecular formula is C12H18N2O5S. The van der Waals surface area contributed by atoms with Crippen molar-refractivity contribution in [3.8, 4) is 5.75 Å². The molecule has 0 heterocycles. The molecule has 1 rings (SSSR count). The van der Waals surface area contributed by atoms with Gasteiger partial charge in [0.1, 0.15) is 12.4 Å². The summed E-state index contributed by atoms with van der Waals surface area (Å²) in [6.07, 6.45) is 0. The Morgan fingerprint density at radius 3 is 2.55 bits per heavy atom. The lowest BCUT2D eigenvalue weighted by Crippen LogP contribution is -2.33. The van der Waals surface area contributed by atoms with Crippen LogP contribution >= 0.6 is 0 Å². The summed E-state index contributed by atoms with van der Waals surface area (Å²) in [6.45, 7) is 1.96. The molecule has 1 aromatic carbocycles. The van der Waals surface area contributed by atoms with Gasteiger partial charge in [-0.15, -0.1) is 0 Å². The lowest BCUT2D eigenvalue weighted by molar-refractivity contribution is -0.139. The van der Waals surface area contributed by atoms with E-state index in [0.29, 0.717) is 11.4 Å². The van der Waals surface area contributed by atoms with Gasteiger partial charge in [-0.2, -0.15) is 0 Å². The Morgan fingerprint density at radius 2 is 1.95 bits per heavy atom. The fraction of sp³-hybridized carbons (Fsp3) is 0.417. The molecule has 0 unspecified atom stereocenters. The van der Waals surface area contributed by atoms with Crippen molar-refractivity contribution in [2.24, 2.45) is 0 Å². The molecule has 20 heavy (non-hydrogen) atoms. The minimum Gasteiger partial charge on any atom is -0.492 e. The molecule has 0 atom stereocenters. The average Bonchev–Trinajstić information content (AvgIpc) is 2.36. The molecule has 3 N–H and O–H groups in total. The van der Waals surface area contributed by atoms with Crippen molar-refractivity contribution in [2.75, 3.05) is 31.2 Å². The Labute approximate surface area is 118 Å². The number of sulfonamides is 1. The predicted octanol–water partition coefficient (Wildman–Crippen LogP) is 0.130. The van der Waals surface area contributed by atoms with Gasteiger partial charge in [0, 0.05) is 12.2 Å². The van der Waals surface area contributed by atoms with Gasteiger partial charge in [0.2, 0.25) is 10.0 Å². The first-order valence-corrected chi connectivity index (χ1v) is 7.69. The fourth-order valence-corrected chi connectivity index (χ4v) is 2.23. The molecule has 0 bridgehead atoms. The van der Waals surface area contributed by atoms with Gasteiger partial charge in [-0.3, -0.25) is 4.79 Å². The van der Waals surface area contributed by atoms with Crippen LogP contribution in [-0.4, -0.2) is 39.9 Å². The van der Waals surface area contributed by atoms with Crippen LogP contribution in [0.2, 0.25) is 0 Å². The first-order chi connectivity index (χ1) is 9.43. The second-order valence-electron chi connectivity index (χ2n) is 3.88. The van der Waals surface area contributed by atoms with Crippen molar-refractivity contribution in [1.29, 1.82) is 0 Å². The molecule has 0 aliphatic rings. The second kappa shape index (κ2) is 7.71. The summed E-state index contributed by atoms with van der Waals surface area (Å²) >= 11 is 0. The lowest BCUT2D eigenvalue weighted by Gasteiger charge is -2.08. The number of ether oxygens (including phenoxy) is 2. The van der Waals surface area contributed by atoms with Crippen LogP contribution in [0, 0.1) is 0 Å². The largest absolute Gasteiger partial charge is 0.492 e. The minimum atomic E-state index is -3.69. The number of nitrogens with one attached hydrogen (secondary N) is 1. The van der Waals surface area contributed by atoms with E-state index in [9.17, 15) is 13.2 Å². The molecule has 0 fully saturated rings. The maximum Gasteiger partial charge on any atom is 0.322 e. The summed E-state index contributed by atoms with van der Waals surface area (Å²) in [5, 5.41) is 0. The number of hydrogen-bond donors (Lipinski definition) is 2. The van der Waals surface area contributed by atoms with E-state index in [1.54, 1.807) is 31.2 Å². The zero-order valence-corrected chi connectivity index (χ0v) is 12.0. The molecular weight excluding hydrogens is 284 g/mol. The Kier molecular flexibility index (Phi) is 6.26. The zero-order chi connectivity index (χ0) is 15.0. The highest BCUT2D eigenvalue weighted by molar-refractivity contribution is 7.90. The van der Waals surface area contributed by atoms with E-state index >= 15 is 0 Å². The summed E-state index contributed by atoms with van der Waals surface area (Å²) < 4.78 is 35.1. The van der Waals surface area contributed by atoms with Gasteiger partial charge in [0.25, 0.3) is 0 Å². The van der Waals surface area contributed by atoms with Crippen LogP contribution in [0.3, 0.4) is 0 Å². The highest BCUT2D eigenvalue weighted by atomic mass is 32.2. The van der Waals surface area contributed by atoms with Crippen LogP contribution in [0.15, 0.2) is 24.3 Å². The molecule has 112 valence electrons. The van der Waals surface area contributed by atoms with Gasteiger partial charge >= 0.3 is 5.97 Å². The number of esters is 1. The van der Waals surface area contributed by atoms with Crippen molar-refractivity contribution in [3.63, 3.8) is 0 Å². The van der Waals surface area contributed by atoms with Crippen molar-refractivity contribution >= 4 is 21.7 Å². The minimum absolute atomic E-state index is 0.0616. The van der Waals surface area contributed by atoms with E-state index in [1.165, 1.54) is 0 Å². The Hall–Kier alpha value is -1.80. The predicted molar refractivity (Wildman–Crippen MR) is 74.8 cm³/mol. The van der Waals surface area contributed by atoms with Gasteiger partial charge in [-0.25, -0.2) is 13.1 Å². The van der Waals surface area contributed by atoms with Crippen molar-refractivity contribution in [1.82, 2.24) is 4.72 Å². The monoisotopic (exact) mass is 302 g/mol. The van der Waals surface area contributed by atoms with E-state index < -0.39 is 21.7 Å². The van der Waals surface area contributed by atoms with E-state index in [1.807, 2.05) is 0 Å². The average molecular weight is 302 g/mol. The van der Waals surface area contributed by atoms with Gasteiger partial charge in [0.05, 0.1) is 6.61 Å². The standard InChI is InChI=1S/C12H18N2O5S/c1-2-18-12(15)9-20(16,17)14-7-8-19-11-5-3-10(13)4-6-11/h3-6,14H,2,7-9,13H2,1H3. The maximum atomic E-state index is 11.5. The molecule has 0 saturated carbocycles. The van der Waals surface area contributed by atoms with Crippen LogP contribution < -0.4 is 15.2 Å². The number of nitrogens with two attached hydrogens (primary N) is 1. The summed E-state index contributed by atoms with van der Waals surface area (Å²) in [5.41, 5.74) is 6.14. The number of hydrogen-bond acceptors (Lipinski definition) is 6. The van der Waals surface area contributed by atoms with E-state index in [-0.39, 0.29) is 19.8 Å². The molecule has 0 aliphatic carbocycles. The summed E-state index contributed by atoms with van der Waals surface area (Å²) in [4.78, 5) is 11.1. The number of carbonyl (C=O) groups excluding carboxylic acids is 1. The molecule has 0 aromatic heterocycles. The first kappa shape index (κ1) is 16.3. The molecule has 0 aliphatic heterocycles. The molecule has 0 saturated heterocycles. The van der Waals surface area contributed by atoms with Crippen LogP contribution in [0.4, 0.5) is 5.69 Å². The Morgan fingerprint density at radius 1 is 1.30 bits per heavy atom. The molecule has 0 radical (unpaired) electrons. The van der Waals surface area contributed by atoms with Crippen LogP contribution in [0.25, 0.3) is 0 Å². The van der Waals surface area contributed by atoms with Crippen LogP contribution in [0.1, 0.15) is 6.92 Å². The van der Waals surface area contributed by atoms with Crippen molar-refractivity contribution in [3.05, 3.63) is 24.3 Å². The molecule has 8 heteroatoms. The summed E-state index contributed by atoms with van der Waals surface area (Å²) in [6, 6.07) is 6.73. The number of nitrogen functional groups attached to an aromatic ring is 1. The van der Waals surface area contributed by atoms with E-state index in [2.05, 4.69) is 9.46 Å². The summed E-state index contributed by atoms with van der Waals surface area (Å²) in [7, 11) is -3.69. The number of anilines is 1. The first-order valence-electron chi connectivity index (χ1n) is 6.04. The fourth-order valence-electron chi connectivity index (χ4n) is 1.34. The summed E-state index contributed by atoms with van der Waals surface area (Å²) in [5.74, 6) is -0.883. The number of carbonyl (C=O) groups is 1. The van der Waals surface area contributed by atoms with Crippen LogP contribution in [-0.2, 0) is 19.6 Å². The van der Waals surface area contributed by atoms with Gasteiger partial charge in [0.15, 0.2) is 5.75 Å². The Bertz CT molecular complexity index is 527. The lowest BCUT2D eigenvalue weighted by atomic mass is 10.3. The van der Waals surface area contributed by atoms with Crippen LogP contribution in [0.5, 0.6) is 5.75 Å². The zero-order valence-electron chi connectivity index (χ0n) is 11.2. The van der Waals surface area contributed by atoms with Crippen molar-refractivity contribution in [2.45, 2.75) is 6.92 Å². The molecule has 7 nitrogen and oxygen atoms in total. The maximum absolute atomic E-state index is 11.5. The Balaban J connectivity index is 2.29. The number of benzene rings is 1. The molecule has 0 amide bonds. The topological polar surface area (TPSA) is 108 Å². The third kappa shape index (κ3) is 6.39. The van der Waals surface area contributed by atoms with E-state index in [0.717, 1.165) is 0 Å². The molecule has 0 spiro atoms. The van der Waals surface area contributed by atoms with Gasteiger partial charge in [-0.1, -0.05) is 0 Å². The smallest absolute Gasteiger partial charge is 0.322 e. The third-order valence-corrected chi connectivity index (χ3v) is 3.45. The quantitative estimate of drug-likeness (QED) is 0.401. The van der Waals surface area contributed by atoms with E-state index in [4.69, 9.17) is 10.5 Å². The third-order valence-electron chi connectivity index (χ3n) is 2.19. The number of rotatable bonds is 8. The van der Waals surface area contributed by atoms with Gasteiger partial charge < -0.3 is 15.2 Å². The SMILES string of the molecule is CCOC(=O)CS(=O)(=O)NCCOc1ccc(N)cc1. The normalized spacial score (nSPS) is 11.1. The van der Waals surface area contributed by atoms with Crippen molar-refractivity contribution < 1.29 is 22.7 Å². The van der Waals surface area contributed by atoms with Gasteiger partial charge in [-0.05, 0) is 31.2 Å². The highest BCUT2D eigenvalue weighted by Gasteiger charge is 2.16.